The Kier molecular flexibility index (Phi) is 4.69. The maximum Gasteiger partial charge on any atom is 0.227 e. The van der Waals surface area contributed by atoms with E-state index in [4.69, 9.17) is 0 Å². The van der Waals surface area contributed by atoms with Gasteiger partial charge in [-0.25, -0.2) is 0 Å². The van der Waals surface area contributed by atoms with Crippen LogP contribution in [-0.4, -0.2) is 18.2 Å². The first kappa shape index (κ1) is 12.1. The highest BCUT2D eigenvalue weighted by molar-refractivity contribution is 7.80. The summed E-state index contributed by atoms with van der Waals surface area (Å²) in [5.41, 5.74) is 2.14. The summed E-state index contributed by atoms with van der Waals surface area (Å²) < 4.78 is 0. The van der Waals surface area contributed by atoms with E-state index in [1.165, 1.54) is 0 Å². The van der Waals surface area contributed by atoms with Crippen LogP contribution in [0.3, 0.4) is 0 Å². The highest BCUT2D eigenvalue weighted by atomic mass is 32.1. The van der Waals surface area contributed by atoms with Crippen molar-refractivity contribution >= 4 is 24.2 Å². The second-order valence-corrected chi connectivity index (χ2v) is 3.85. The topological polar surface area (TPSA) is 20.3 Å². The summed E-state index contributed by atoms with van der Waals surface area (Å²) in [6.07, 6.45) is 0.491. The third kappa shape index (κ3) is 2.99. The highest BCUT2D eigenvalue weighted by Gasteiger charge is 2.13. The molecule has 0 aliphatic rings. The number of benzene rings is 1. The fourth-order valence-corrected chi connectivity index (χ4v) is 1.77. The van der Waals surface area contributed by atoms with Gasteiger partial charge in [0.2, 0.25) is 5.91 Å². The number of thiol groups is 1. The molecule has 0 aliphatic heterocycles. The highest BCUT2D eigenvalue weighted by Crippen LogP contribution is 2.19. The van der Waals surface area contributed by atoms with Crippen LogP contribution in [-0.2, 0) is 4.79 Å². The number of para-hydroxylation sites is 1. The molecule has 2 nitrogen and oxygen atoms in total. The zero-order valence-electron chi connectivity index (χ0n) is 9.23. The number of amides is 1. The first-order valence-electron chi connectivity index (χ1n) is 5.17. The Balaban J connectivity index is 2.92. The Morgan fingerprint density at radius 2 is 2.07 bits per heavy atom. The van der Waals surface area contributed by atoms with Crippen molar-refractivity contribution in [3.8, 4) is 0 Å². The molecule has 0 spiro atoms. The number of carbonyl (C=O) groups excluding carboxylic acids is 1. The number of aryl methyl sites for hydroxylation is 1. The van der Waals surface area contributed by atoms with Crippen LogP contribution in [0.1, 0.15) is 18.9 Å². The molecule has 0 atom stereocenters. The largest absolute Gasteiger partial charge is 0.312 e. The summed E-state index contributed by atoms with van der Waals surface area (Å²) in [6.45, 7) is 4.71. The number of carbonyl (C=O) groups is 1. The maximum absolute atomic E-state index is 11.8. The molecule has 82 valence electrons. The summed E-state index contributed by atoms with van der Waals surface area (Å²) in [6, 6.07) is 7.94. The van der Waals surface area contributed by atoms with Crippen LogP contribution in [0.5, 0.6) is 0 Å². The Morgan fingerprint density at radius 3 is 2.60 bits per heavy atom. The van der Waals surface area contributed by atoms with Crippen molar-refractivity contribution in [2.45, 2.75) is 20.3 Å². The minimum Gasteiger partial charge on any atom is -0.312 e. The van der Waals surface area contributed by atoms with E-state index in [9.17, 15) is 4.79 Å². The molecule has 0 aromatic heterocycles. The van der Waals surface area contributed by atoms with Crippen molar-refractivity contribution in [1.82, 2.24) is 0 Å². The second-order valence-electron chi connectivity index (χ2n) is 3.40. The van der Waals surface area contributed by atoms with Gasteiger partial charge in [-0.2, -0.15) is 12.6 Å². The summed E-state index contributed by atoms with van der Waals surface area (Å²) in [5, 5.41) is 0. The number of nitrogens with zero attached hydrogens (tertiary/aromatic N) is 1. The van der Waals surface area contributed by atoms with Crippen LogP contribution in [0.2, 0.25) is 0 Å². The van der Waals surface area contributed by atoms with E-state index >= 15 is 0 Å². The molecule has 1 rings (SSSR count). The average Bonchev–Trinajstić information content (AvgIpc) is 2.22. The van der Waals surface area contributed by atoms with Crippen LogP contribution < -0.4 is 4.90 Å². The van der Waals surface area contributed by atoms with Crippen molar-refractivity contribution < 1.29 is 4.79 Å². The third-order valence-corrected chi connectivity index (χ3v) is 2.57. The molecule has 0 radical (unpaired) electrons. The van der Waals surface area contributed by atoms with Gasteiger partial charge in [-0.05, 0) is 31.2 Å². The number of anilines is 1. The van der Waals surface area contributed by atoms with Gasteiger partial charge >= 0.3 is 0 Å². The first-order chi connectivity index (χ1) is 7.20. The molecular formula is C12H17NOS. The van der Waals surface area contributed by atoms with Gasteiger partial charge in [-0.15, -0.1) is 0 Å². The molecular weight excluding hydrogens is 206 g/mol. The van der Waals surface area contributed by atoms with Gasteiger partial charge in [0, 0.05) is 18.7 Å². The first-order valence-corrected chi connectivity index (χ1v) is 5.80. The van der Waals surface area contributed by atoms with E-state index in [1.807, 2.05) is 43.0 Å². The lowest BCUT2D eigenvalue weighted by Crippen LogP contribution is -2.31. The van der Waals surface area contributed by atoms with Crippen LogP contribution in [0.25, 0.3) is 0 Å². The molecule has 0 N–H and O–H groups in total. The fourth-order valence-electron chi connectivity index (χ4n) is 1.58. The van der Waals surface area contributed by atoms with Crippen LogP contribution >= 0.6 is 12.6 Å². The molecule has 0 saturated carbocycles. The van der Waals surface area contributed by atoms with Gasteiger partial charge < -0.3 is 4.90 Å². The molecule has 0 aliphatic carbocycles. The Hall–Kier alpha value is -0.960. The zero-order valence-corrected chi connectivity index (χ0v) is 10.1. The number of hydrogen-bond donors (Lipinski definition) is 1. The molecule has 0 bridgehead atoms. The molecule has 15 heavy (non-hydrogen) atoms. The number of hydrogen-bond acceptors (Lipinski definition) is 2. The van der Waals surface area contributed by atoms with Gasteiger partial charge in [-0.1, -0.05) is 18.2 Å². The second kappa shape index (κ2) is 5.81. The van der Waals surface area contributed by atoms with Gasteiger partial charge in [0.15, 0.2) is 0 Å². The van der Waals surface area contributed by atoms with Crippen molar-refractivity contribution in [3.63, 3.8) is 0 Å². The normalized spacial score (nSPS) is 10.1. The third-order valence-electron chi connectivity index (χ3n) is 2.35. The molecule has 0 fully saturated rings. The van der Waals surface area contributed by atoms with Crippen molar-refractivity contribution in [3.05, 3.63) is 29.8 Å². The average molecular weight is 223 g/mol. The van der Waals surface area contributed by atoms with Crippen molar-refractivity contribution in [2.75, 3.05) is 17.2 Å². The standard InChI is InChI=1S/C12H17NOS/c1-3-13(12(14)8-9-15)11-7-5-4-6-10(11)2/h4-7,15H,3,8-9H2,1-2H3. The summed E-state index contributed by atoms with van der Waals surface area (Å²) >= 11 is 4.08. The lowest BCUT2D eigenvalue weighted by atomic mass is 10.1. The van der Waals surface area contributed by atoms with Crippen molar-refractivity contribution in [2.24, 2.45) is 0 Å². The maximum atomic E-state index is 11.8. The van der Waals surface area contributed by atoms with Crippen molar-refractivity contribution in [1.29, 1.82) is 0 Å². The molecule has 1 amide bonds. The number of rotatable bonds is 4. The summed E-state index contributed by atoms with van der Waals surface area (Å²) in [4.78, 5) is 13.6. The van der Waals surface area contributed by atoms with E-state index < -0.39 is 0 Å². The van der Waals surface area contributed by atoms with E-state index in [-0.39, 0.29) is 5.91 Å². The molecule has 1 aromatic carbocycles. The quantitative estimate of drug-likeness (QED) is 0.778. The fraction of sp³-hybridized carbons (Fsp3) is 0.417. The van der Waals surface area contributed by atoms with E-state index in [1.54, 1.807) is 0 Å². The summed E-state index contributed by atoms with van der Waals surface area (Å²) in [5.74, 6) is 0.739. The Morgan fingerprint density at radius 1 is 1.40 bits per heavy atom. The zero-order chi connectivity index (χ0) is 11.3. The van der Waals surface area contributed by atoms with E-state index in [0.29, 0.717) is 18.7 Å². The molecule has 0 heterocycles. The lowest BCUT2D eigenvalue weighted by Gasteiger charge is -2.22. The molecule has 0 unspecified atom stereocenters. The SMILES string of the molecule is CCN(C(=O)CCS)c1ccccc1C. The Bertz CT molecular complexity index is 338. The van der Waals surface area contributed by atoms with Crippen LogP contribution in [0.15, 0.2) is 24.3 Å². The van der Waals surface area contributed by atoms with Gasteiger partial charge in [0.25, 0.3) is 0 Å². The Labute approximate surface area is 96.7 Å². The lowest BCUT2D eigenvalue weighted by molar-refractivity contribution is -0.118. The minimum absolute atomic E-state index is 0.141. The van der Waals surface area contributed by atoms with Gasteiger partial charge in [-0.3, -0.25) is 4.79 Å². The molecule has 0 saturated heterocycles. The van der Waals surface area contributed by atoms with Gasteiger partial charge in [0.05, 0.1) is 0 Å². The predicted molar refractivity (Wildman–Crippen MR) is 67.7 cm³/mol. The predicted octanol–water partition coefficient (Wildman–Crippen LogP) is 2.67. The summed E-state index contributed by atoms with van der Waals surface area (Å²) in [7, 11) is 0. The molecule has 1 aromatic rings. The minimum atomic E-state index is 0.141. The van der Waals surface area contributed by atoms with E-state index in [0.717, 1.165) is 11.3 Å². The molecule has 3 heteroatoms. The van der Waals surface area contributed by atoms with Crippen LogP contribution in [0.4, 0.5) is 5.69 Å². The smallest absolute Gasteiger partial charge is 0.227 e. The monoisotopic (exact) mass is 223 g/mol. The van der Waals surface area contributed by atoms with Crippen LogP contribution in [0, 0.1) is 6.92 Å². The van der Waals surface area contributed by atoms with Gasteiger partial charge in [0.1, 0.15) is 0 Å². The van der Waals surface area contributed by atoms with E-state index in [2.05, 4.69) is 12.6 Å².